The first kappa shape index (κ1) is 18.4. The molecule has 6 nitrogen and oxygen atoms in total. The second kappa shape index (κ2) is 10.1. The number of aromatic nitrogens is 1. The van der Waals surface area contributed by atoms with Crippen molar-refractivity contribution >= 4 is 11.8 Å². The first-order valence-corrected chi connectivity index (χ1v) is 8.35. The molecule has 0 radical (unpaired) electrons. The van der Waals surface area contributed by atoms with Crippen molar-refractivity contribution in [2.24, 2.45) is 0 Å². The van der Waals surface area contributed by atoms with Crippen molar-refractivity contribution in [2.45, 2.75) is 19.8 Å². The molecule has 0 fully saturated rings. The molecule has 0 bridgehead atoms. The number of carbonyl (C=O) groups is 2. The van der Waals surface area contributed by atoms with Crippen LogP contribution < -0.4 is 15.4 Å². The molecule has 0 atom stereocenters. The smallest absolute Gasteiger partial charge is 0.252 e. The summed E-state index contributed by atoms with van der Waals surface area (Å²) in [5.74, 6) is 0.604. The summed E-state index contributed by atoms with van der Waals surface area (Å²) in [6.45, 7) is 3.57. The maximum Gasteiger partial charge on any atom is 0.252 e. The molecule has 25 heavy (non-hydrogen) atoms. The highest BCUT2D eigenvalue weighted by Gasteiger charge is 2.05. The Balaban J connectivity index is 1.61. The van der Waals surface area contributed by atoms with Gasteiger partial charge in [-0.2, -0.15) is 0 Å². The lowest BCUT2D eigenvalue weighted by Gasteiger charge is -2.08. The second-order valence-corrected chi connectivity index (χ2v) is 5.45. The van der Waals surface area contributed by atoms with E-state index in [0.717, 1.165) is 11.3 Å². The van der Waals surface area contributed by atoms with Crippen LogP contribution in [0.1, 0.15) is 29.3 Å². The number of pyridine rings is 1. The minimum absolute atomic E-state index is 0.0391. The molecule has 0 saturated carbocycles. The summed E-state index contributed by atoms with van der Waals surface area (Å²) < 4.78 is 5.37. The predicted octanol–water partition coefficient (Wildman–Crippen LogP) is 1.96. The molecule has 0 aliphatic rings. The van der Waals surface area contributed by atoms with E-state index in [0.29, 0.717) is 38.1 Å². The monoisotopic (exact) mass is 341 g/mol. The van der Waals surface area contributed by atoms with Gasteiger partial charge in [0.05, 0.1) is 18.6 Å². The number of hydrogen-bond acceptors (Lipinski definition) is 4. The van der Waals surface area contributed by atoms with Crippen LogP contribution in [0.5, 0.6) is 5.75 Å². The van der Waals surface area contributed by atoms with Gasteiger partial charge in [0.1, 0.15) is 5.75 Å². The van der Waals surface area contributed by atoms with Gasteiger partial charge in [0.15, 0.2) is 0 Å². The average molecular weight is 341 g/mol. The number of benzene rings is 1. The Bertz CT molecular complexity index is 672. The third-order valence-electron chi connectivity index (χ3n) is 3.48. The van der Waals surface area contributed by atoms with Gasteiger partial charge in [-0.3, -0.25) is 14.6 Å². The van der Waals surface area contributed by atoms with E-state index in [-0.39, 0.29) is 11.8 Å². The zero-order valence-corrected chi connectivity index (χ0v) is 14.3. The van der Waals surface area contributed by atoms with Crippen molar-refractivity contribution in [1.82, 2.24) is 15.6 Å². The molecule has 132 valence electrons. The highest BCUT2D eigenvalue weighted by atomic mass is 16.5. The van der Waals surface area contributed by atoms with Gasteiger partial charge in [-0.15, -0.1) is 0 Å². The predicted molar refractivity (Wildman–Crippen MR) is 95.5 cm³/mol. The zero-order valence-electron chi connectivity index (χ0n) is 14.3. The molecule has 0 unspecified atom stereocenters. The van der Waals surface area contributed by atoms with Crippen molar-refractivity contribution in [3.8, 4) is 5.75 Å². The lowest BCUT2D eigenvalue weighted by Crippen LogP contribution is -2.30. The molecule has 2 aromatic rings. The molecule has 1 aromatic carbocycles. The van der Waals surface area contributed by atoms with Crippen molar-refractivity contribution in [2.75, 3.05) is 19.7 Å². The van der Waals surface area contributed by atoms with E-state index in [1.807, 2.05) is 31.2 Å². The topological polar surface area (TPSA) is 80.3 Å². The van der Waals surface area contributed by atoms with Crippen LogP contribution in [0, 0.1) is 0 Å². The van der Waals surface area contributed by atoms with Crippen molar-refractivity contribution < 1.29 is 14.3 Å². The molecule has 6 heteroatoms. The van der Waals surface area contributed by atoms with Gasteiger partial charge in [-0.25, -0.2) is 0 Å². The SMILES string of the molecule is CCOc1ccc(CC(=O)NCCCNC(=O)c2cccnc2)cc1. The lowest BCUT2D eigenvalue weighted by atomic mass is 10.1. The van der Waals surface area contributed by atoms with Gasteiger partial charge >= 0.3 is 0 Å². The lowest BCUT2D eigenvalue weighted by molar-refractivity contribution is -0.120. The molecule has 2 amide bonds. The molecular formula is C19H23N3O3. The molecule has 1 heterocycles. The first-order valence-electron chi connectivity index (χ1n) is 8.35. The van der Waals surface area contributed by atoms with Crippen molar-refractivity contribution in [3.63, 3.8) is 0 Å². The fraction of sp³-hybridized carbons (Fsp3) is 0.316. The second-order valence-electron chi connectivity index (χ2n) is 5.45. The standard InChI is InChI=1S/C19H23N3O3/c1-2-25-17-8-6-15(7-9-17)13-18(23)21-11-4-12-22-19(24)16-5-3-10-20-14-16/h3,5-10,14H,2,4,11-13H2,1H3,(H,21,23)(H,22,24). The quantitative estimate of drug-likeness (QED) is 0.683. The number of nitrogens with zero attached hydrogens (tertiary/aromatic N) is 1. The van der Waals surface area contributed by atoms with Gasteiger partial charge < -0.3 is 15.4 Å². The fourth-order valence-corrected chi connectivity index (χ4v) is 2.24. The van der Waals surface area contributed by atoms with Gasteiger partial charge in [0.25, 0.3) is 5.91 Å². The van der Waals surface area contributed by atoms with E-state index >= 15 is 0 Å². The average Bonchev–Trinajstić information content (AvgIpc) is 2.64. The number of hydrogen-bond donors (Lipinski definition) is 2. The molecule has 2 N–H and O–H groups in total. The van der Waals surface area contributed by atoms with Crippen molar-refractivity contribution in [3.05, 3.63) is 59.9 Å². The van der Waals surface area contributed by atoms with Crippen LogP contribution in [0.15, 0.2) is 48.8 Å². The van der Waals surface area contributed by atoms with Gasteiger partial charge in [0, 0.05) is 25.5 Å². The third-order valence-corrected chi connectivity index (χ3v) is 3.48. The number of nitrogens with one attached hydrogen (secondary N) is 2. The van der Waals surface area contributed by atoms with E-state index in [1.54, 1.807) is 18.3 Å². The Kier molecular flexibility index (Phi) is 7.43. The molecule has 0 spiro atoms. The Morgan fingerprint density at radius 1 is 1.08 bits per heavy atom. The van der Waals surface area contributed by atoms with Crippen LogP contribution >= 0.6 is 0 Å². The number of carbonyl (C=O) groups excluding carboxylic acids is 2. The summed E-state index contributed by atoms with van der Waals surface area (Å²) in [6, 6.07) is 10.9. The Morgan fingerprint density at radius 2 is 1.84 bits per heavy atom. The van der Waals surface area contributed by atoms with Gasteiger partial charge in [-0.1, -0.05) is 12.1 Å². The van der Waals surface area contributed by atoms with Crippen LogP contribution in [0.2, 0.25) is 0 Å². The largest absolute Gasteiger partial charge is 0.494 e. The van der Waals surface area contributed by atoms with Crippen LogP contribution in [-0.4, -0.2) is 36.5 Å². The zero-order chi connectivity index (χ0) is 17.9. The molecule has 1 aromatic heterocycles. The van der Waals surface area contributed by atoms with E-state index in [2.05, 4.69) is 15.6 Å². The number of ether oxygens (including phenoxy) is 1. The summed E-state index contributed by atoms with van der Waals surface area (Å²) in [6.07, 6.45) is 4.14. The number of rotatable bonds is 9. The van der Waals surface area contributed by atoms with E-state index in [1.165, 1.54) is 6.20 Å². The maximum atomic E-state index is 11.9. The molecule has 0 aliphatic heterocycles. The number of amides is 2. The van der Waals surface area contributed by atoms with E-state index in [4.69, 9.17) is 4.74 Å². The van der Waals surface area contributed by atoms with E-state index < -0.39 is 0 Å². The molecule has 0 saturated heterocycles. The van der Waals surface area contributed by atoms with Crippen LogP contribution in [0.3, 0.4) is 0 Å². The van der Waals surface area contributed by atoms with Gasteiger partial charge in [-0.05, 0) is 43.2 Å². The van der Waals surface area contributed by atoms with Gasteiger partial charge in [0.2, 0.25) is 5.91 Å². The first-order chi connectivity index (χ1) is 12.2. The molecule has 0 aliphatic carbocycles. The fourth-order valence-electron chi connectivity index (χ4n) is 2.24. The van der Waals surface area contributed by atoms with Crippen LogP contribution in [0.25, 0.3) is 0 Å². The Labute approximate surface area is 147 Å². The van der Waals surface area contributed by atoms with E-state index in [9.17, 15) is 9.59 Å². The summed E-state index contributed by atoms with van der Waals surface area (Å²) in [5.41, 5.74) is 1.47. The maximum absolute atomic E-state index is 11.9. The highest BCUT2D eigenvalue weighted by Crippen LogP contribution is 2.12. The summed E-state index contributed by atoms with van der Waals surface area (Å²) in [4.78, 5) is 27.6. The van der Waals surface area contributed by atoms with Crippen LogP contribution in [0.4, 0.5) is 0 Å². The van der Waals surface area contributed by atoms with Crippen LogP contribution in [-0.2, 0) is 11.2 Å². The summed E-state index contributed by atoms with van der Waals surface area (Å²) >= 11 is 0. The minimum Gasteiger partial charge on any atom is -0.494 e. The van der Waals surface area contributed by atoms with Crippen molar-refractivity contribution in [1.29, 1.82) is 0 Å². The Morgan fingerprint density at radius 3 is 2.52 bits per heavy atom. The third kappa shape index (κ3) is 6.63. The normalized spacial score (nSPS) is 10.1. The molecular weight excluding hydrogens is 318 g/mol. The summed E-state index contributed by atoms with van der Waals surface area (Å²) in [7, 11) is 0. The highest BCUT2D eigenvalue weighted by molar-refractivity contribution is 5.93. The molecule has 2 rings (SSSR count). The Hall–Kier alpha value is -2.89. The minimum atomic E-state index is -0.159. The summed E-state index contributed by atoms with van der Waals surface area (Å²) in [5, 5.41) is 5.65.